The predicted octanol–water partition coefficient (Wildman–Crippen LogP) is 0.0260. The van der Waals surface area contributed by atoms with Gasteiger partial charge in [0.1, 0.15) is 0 Å². The van der Waals surface area contributed by atoms with E-state index in [4.69, 9.17) is 5.73 Å². The third kappa shape index (κ3) is 2.16. The molecule has 1 aliphatic heterocycles. The highest BCUT2D eigenvalue weighted by Crippen LogP contribution is 2.41. The molecule has 0 unspecified atom stereocenters. The number of methoxy groups -OCH3 is 1. The fourth-order valence-electron chi connectivity index (χ4n) is 2.67. The van der Waals surface area contributed by atoms with Gasteiger partial charge in [-0.3, -0.25) is 4.79 Å². The minimum atomic E-state index is -0.320. The molecule has 6 heteroatoms. The van der Waals surface area contributed by atoms with E-state index in [0.717, 1.165) is 19.3 Å². The third-order valence-corrected chi connectivity index (χ3v) is 4.15. The molecule has 6 nitrogen and oxygen atoms in total. The molecule has 0 aromatic heterocycles. The first-order valence-electron chi connectivity index (χ1n) is 6.45. The minimum Gasteiger partial charge on any atom is -0.453 e. The van der Waals surface area contributed by atoms with E-state index in [9.17, 15) is 9.59 Å². The zero-order valence-corrected chi connectivity index (χ0v) is 10.9. The van der Waals surface area contributed by atoms with E-state index in [-0.39, 0.29) is 17.4 Å². The van der Waals surface area contributed by atoms with Gasteiger partial charge in [-0.15, -0.1) is 0 Å². The van der Waals surface area contributed by atoms with Crippen molar-refractivity contribution in [2.45, 2.75) is 19.3 Å². The molecule has 2 fully saturated rings. The van der Waals surface area contributed by atoms with Crippen LogP contribution in [-0.4, -0.2) is 61.6 Å². The van der Waals surface area contributed by atoms with E-state index in [0.29, 0.717) is 32.7 Å². The highest BCUT2D eigenvalue weighted by Gasteiger charge is 2.45. The number of rotatable bonds is 2. The number of amides is 2. The first-order chi connectivity index (χ1) is 8.63. The summed E-state index contributed by atoms with van der Waals surface area (Å²) in [6, 6.07) is 0. The van der Waals surface area contributed by atoms with Crippen molar-refractivity contribution in [3.63, 3.8) is 0 Å². The molecule has 102 valence electrons. The van der Waals surface area contributed by atoms with Crippen molar-refractivity contribution >= 4 is 12.0 Å². The maximum absolute atomic E-state index is 12.4. The van der Waals surface area contributed by atoms with Crippen LogP contribution >= 0.6 is 0 Å². The highest BCUT2D eigenvalue weighted by molar-refractivity contribution is 5.84. The van der Waals surface area contributed by atoms with Crippen LogP contribution in [-0.2, 0) is 9.53 Å². The smallest absolute Gasteiger partial charge is 0.409 e. The fraction of sp³-hybridized carbons (Fsp3) is 0.833. The summed E-state index contributed by atoms with van der Waals surface area (Å²) in [7, 11) is 1.37. The lowest BCUT2D eigenvalue weighted by atomic mass is 9.67. The van der Waals surface area contributed by atoms with E-state index >= 15 is 0 Å². The SMILES string of the molecule is COC(=O)N1CCN(C(=O)C2(CN)CCC2)CC1. The third-order valence-electron chi connectivity index (χ3n) is 4.15. The summed E-state index contributed by atoms with van der Waals surface area (Å²) in [5.41, 5.74) is 5.43. The highest BCUT2D eigenvalue weighted by atomic mass is 16.5. The zero-order valence-electron chi connectivity index (χ0n) is 10.9. The Hall–Kier alpha value is -1.30. The van der Waals surface area contributed by atoms with Crippen molar-refractivity contribution in [1.82, 2.24) is 9.80 Å². The first kappa shape index (κ1) is 13.1. The van der Waals surface area contributed by atoms with Gasteiger partial charge >= 0.3 is 6.09 Å². The quantitative estimate of drug-likeness (QED) is 0.755. The van der Waals surface area contributed by atoms with Crippen LogP contribution in [0.3, 0.4) is 0 Å². The molecule has 1 aliphatic carbocycles. The van der Waals surface area contributed by atoms with Crippen molar-refractivity contribution in [3.05, 3.63) is 0 Å². The number of ether oxygens (including phenoxy) is 1. The van der Waals surface area contributed by atoms with Crippen LogP contribution in [0.5, 0.6) is 0 Å². The molecule has 1 saturated heterocycles. The monoisotopic (exact) mass is 255 g/mol. The van der Waals surface area contributed by atoms with Gasteiger partial charge in [-0.25, -0.2) is 4.79 Å². The molecule has 2 amide bonds. The standard InChI is InChI=1S/C12H21N3O3/c1-18-11(17)15-7-5-14(6-8-15)10(16)12(9-13)3-2-4-12/h2-9,13H2,1H3. The van der Waals surface area contributed by atoms with Crippen molar-refractivity contribution < 1.29 is 14.3 Å². The Labute approximate surface area is 107 Å². The van der Waals surface area contributed by atoms with Crippen LogP contribution in [0.25, 0.3) is 0 Å². The summed E-state index contributed by atoms with van der Waals surface area (Å²) in [6.07, 6.45) is 2.57. The molecule has 0 aromatic carbocycles. The summed E-state index contributed by atoms with van der Waals surface area (Å²) in [5, 5.41) is 0. The number of piperazine rings is 1. The molecular weight excluding hydrogens is 234 g/mol. The van der Waals surface area contributed by atoms with E-state index in [2.05, 4.69) is 4.74 Å². The molecule has 0 aromatic rings. The van der Waals surface area contributed by atoms with Gasteiger partial charge in [0.15, 0.2) is 0 Å². The van der Waals surface area contributed by atoms with Gasteiger partial charge in [-0.1, -0.05) is 6.42 Å². The van der Waals surface area contributed by atoms with Crippen molar-refractivity contribution in [3.8, 4) is 0 Å². The molecule has 2 rings (SSSR count). The predicted molar refractivity (Wildman–Crippen MR) is 65.9 cm³/mol. The first-order valence-corrected chi connectivity index (χ1v) is 6.45. The normalized spacial score (nSPS) is 22.3. The van der Waals surface area contributed by atoms with E-state index in [1.54, 1.807) is 4.90 Å². The van der Waals surface area contributed by atoms with Gasteiger partial charge in [-0.05, 0) is 12.8 Å². The number of carbonyl (C=O) groups excluding carboxylic acids is 2. The molecule has 1 saturated carbocycles. The maximum atomic E-state index is 12.4. The van der Waals surface area contributed by atoms with E-state index in [1.165, 1.54) is 7.11 Å². The van der Waals surface area contributed by atoms with Gasteiger partial charge in [0.05, 0.1) is 12.5 Å². The van der Waals surface area contributed by atoms with Gasteiger partial charge in [0.25, 0.3) is 0 Å². The average Bonchev–Trinajstić information content (AvgIpc) is 2.37. The van der Waals surface area contributed by atoms with E-state index < -0.39 is 0 Å². The van der Waals surface area contributed by atoms with Gasteiger partial charge in [0.2, 0.25) is 5.91 Å². The summed E-state index contributed by atoms with van der Waals surface area (Å²) in [6.45, 7) is 2.67. The van der Waals surface area contributed by atoms with Crippen molar-refractivity contribution in [1.29, 1.82) is 0 Å². The molecule has 2 aliphatic rings. The van der Waals surface area contributed by atoms with Crippen LogP contribution in [0.15, 0.2) is 0 Å². The molecule has 18 heavy (non-hydrogen) atoms. The Morgan fingerprint density at radius 2 is 1.72 bits per heavy atom. The second-order valence-electron chi connectivity index (χ2n) is 5.09. The molecule has 0 atom stereocenters. The number of hydrogen-bond donors (Lipinski definition) is 1. The molecule has 0 spiro atoms. The summed E-state index contributed by atoms with van der Waals surface area (Å²) in [5.74, 6) is 0.167. The lowest BCUT2D eigenvalue weighted by molar-refractivity contribution is -0.148. The van der Waals surface area contributed by atoms with Crippen LogP contribution in [0.2, 0.25) is 0 Å². The van der Waals surface area contributed by atoms with Crippen LogP contribution in [0.1, 0.15) is 19.3 Å². The molecule has 2 N–H and O–H groups in total. The summed E-state index contributed by atoms with van der Waals surface area (Å²) in [4.78, 5) is 27.2. The number of hydrogen-bond acceptors (Lipinski definition) is 4. The van der Waals surface area contributed by atoms with Gasteiger partial charge in [0, 0.05) is 32.7 Å². The zero-order chi connectivity index (χ0) is 13.2. The second kappa shape index (κ2) is 5.14. The number of nitrogens with two attached hydrogens (primary N) is 1. The Morgan fingerprint density at radius 1 is 1.17 bits per heavy atom. The minimum absolute atomic E-state index is 0.167. The average molecular weight is 255 g/mol. The Balaban J connectivity index is 1.90. The van der Waals surface area contributed by atoms with Gasteiger partial charge < -0.3 is 20.3 Å². The topological polar surface area (TPSA) is 75.9 Å². The lowest BCUT2D eigenvalue weighted by Crippen LogP contribution is -2.57. The van der Waals surface area contributed by atoms with Gasteiger partial charge in [-0.2, -0.15) is 0 Å². The largest absolute Gasteiger partial charge is 0.453 e. The second-order valence-corrected chi connectivity index (χ2v) is 5.09. The van der Waals surface area contributed by atoms with E-state index in [1.807, 2.05) is 4.90 Å². The summed E-state index contributed by atoms with van der Waals surface area (Å²) < 4.78 is 4.67. The van der Waals surface area contributed by atoms with Crippen LogP contribution < -0.4 is 5.73 Å². The number of carbonyl (C=O) groups is 2. The Morgan fingerprint density at radius 3 is 2.11 bits per heavy atom. The molecule has 0 radical (unpaired) electrons. The molecule has 1 heterocycles. The lowest BCUT2D eigenvalue weighted by Gasteiger charge is -2.44. The maximum Gasteiger partial charge on any atom is 0.409 e. The van der Waals surface area contributed by atoms with Crippen LogP contribution in [0, 0.1) is 5.41 Å². The summed E-state index contributed by atoms with van der Waals surface area (Å²) >= 11 is 0. The van der Waals surface area contributed by atoms with Crippen molar-refractivity contribution in [2.24, 2.45) is 11.1 Å². The van der Waals surface area contributed by atoms with Crippen molar-refractivity contribution in [2.75, 3.05) is 39.8 Å². The fourth-order valence-corrected chi connectivity index (χ4v) is 2.67. The van der Waals surface area contributed by atoms with Crippen LogP contribution in [0.4, 0.5) is 4.79 Å². The number of nitrogens with zero attached hydrogens (tertiary/aromatic N) is 2. The molecule has 0 bridgehead atoms. The Kier molecular flexibility index (Phi) is 3.75. The Bertz CT molecular complexity index is 328. The molecular formula is C12H21N3O3.